The van der Waals surface area contributed by atoms with Crippen molar-refractivity contribution in [3.8, 4) is 0 Å². The van der Waals surface area contributed by atoms with Crippen molar-refractivity contribution < 1.29 is 9.53 Å². The number of aromatic nitrogens is 2. The molecule has 1 amide bonds. The number of fused-ring (bicyclic) bond motifs is 2. The van der Waals surface area contributed by atoms with Gasteiger partial charge < -0.3 is 10.5 Å². The number of amides is 1. The minimum absolute atomic E-state index is 0. The van der Waals surface area contributed by atoms with E-state index in [0.717, 1.165) is 38.0 Å². The summed E-state index contributed by atoms with van der Waals surface area (Å²) in [7, 11) is 1.80. The molecule has 3 atom stereocenters. The molecule has 1 saturated carbocycles. The maximum absolute atomic E-state index is 11.6. The predicted octanol–water partition coefficient (Wildman–Crippen LogP) is 2.77. The summed E-state index contributed by atoms with van der Waals surface area (Å²) in [5.41, 5.74) is 7.72. The number of primary amides is 1. The maximum Gasteiger partial charge on any atom is 0.267 e. The molecule has 1 aliphatic heterocycles. The summed E-state index contributed by atoms with van der Waals surface area (Å²) in [6.07, 6.45) is 8.83. The van der Waals surface area contributed by atoms with E-state index in [2.05, 4.69) is 27.0 Å². The molecule has 0 aromatic carbocycles. The predicted molar refractivity (Wildman–Crippen MR) is 109 cm³/mol. The van der Waals surface area contributed by atoms with Crippen LogP contribution in [0.15, 0.2) is 42.9 Å². The van der Waals surface area contributed by atoms with E-state index in [1.165, 1.54) is 12.0 Å². The van der Waals surface area contributed by atoms with Crippen molar-refractivity contribution in [1.82, 2.24) is 14.9 Å². The summed E-state index contributed by atoms with van der Waals surface area (Å²) in [4.78, 5) is 22.4. The van der Waals surface area contributed by atoms with Gasteiger partial charge in [-0.1, -0.05) is 6.42 Å². The Labute approximate surface area is 171 Å². The van der Waals surface area contributed by atoms with Crippen molar-refractivity contribution >= 4 is 18.3 Å². The molecule has 3 heterocycles. The number of hydrogen-bond donors (Lipinski definition) is 1. The van der Waals surface area contributed by atoms with Gasteiger partial charge in [-0.25, -0.2) is 0 Å². The highest BCUT2D eigenvalue weighted by molar-refractivity contribution is 5.90. The van der Waals surface area contributed by atoms with Gasteiger partial charge in [-0.3, -0.25) is 19.7 Å². The summed E-state index contributed by atoms with van der Waals surface area (Å²) >= 11 is 0. The normalized spacial score (nSPS) is 27.0. The van der Waals surface area contributed by atoms with E-state index in [4.69, 9.17) is 10.5 Å². The maximum atomic E-state index is 11.6. The number of rotatable bonds is 5. The quantitative estimate of drug-likeness (QED) is 0.831. The van der Waals surface area contributed by atoms with E-state index in [0.29, 0.717) is 17.5 Å². The summed E-state index contributed by atoms with van der Waals surface area (Å²) in [5.74, 6) is 0.253. The van der Waals surface area contributed by atoms with E-state index in [-0.39, 0.29) is 18.0 Å². The molecule has 0 unspecified atom stereocenters. The van der Waals surface area contributed by atoms with E-state index in [1.54, 1.807) is 13.3 Å². The minimum atomic E-state index is -0.497. The highest BCUT2D eigenvalue weighted by Crippen LogP contribution is 2.51. The van der Waals surface area contributed by atoms with Gasteiger partial charge in [0.05, 0.1) is 0 Å². The van der Waals surface area contributed by atoms with Gasteiger partial charge in [0.25, 0.3) is 5.91 Å². The van der Waals surface area contributed by atoms with Crippen LogP contribution in [0.4, 0.5) is 0 Å². The topological polar surface area (TPSA) is 81.3 Å². The second kappa shape index (κ2) is 8.55. The SMILES string of the molecule is CO[C@@]1(c2ccnc(C(N)=O)c2)[C@@H]2CCC[C@H]1CN(Cc1ccncc1)C2.Cl. The van der Waals surface area contributed by atoms with Crippen molar-refractivity contribution in [2.24, 2.45) is 17.6 Å². The lowest BCUT2D eigenvalue weighted by Gasteiger charge is -2.55. The number of carbonyl (C=O) groups excluding carboxylic acids is 1. The fourth-order valence-electron chi connectivity index (χ4n) is 5.13. The van der Waals surface area contributed by atoms with Crippen LogP contribution in [0.25, 0.3) is 0 Å². The highest BCUT2D eigenvalue weighted by atomic mass is 35.5. The van der Waals surface area contributed by atoms with Crippen molar-refractivity contribution in [3.63, 3.8) is 0 Å². The summed E-state index contributed by atoms with van der Waals surface area (Å²) in [5, 5.41) is 0. The molecule has 2 bridgehead atoms. The van der Waals surface area contributed by atoms with Gasteiger partial charge in [-0.2, -0.15) is 0 Å². The monoisotopic (exact) mass is 402 g/mol. The Bertz CT molecular complexity index is 803. The van der Waals surface area contributed by atoms with Crippen LogP contribution in [0.1, 0.15) is 40.9 Å². The number of halogens is 1. The molecule has 150 valence electrons. The average Bonchev–Trinajstić information content (AvgIpc) is 2.68. The Morgan fingerprint density at radius 3 is 2.50 bits per heavy atom. The lowest BCUT2D eigenvalue weighted by Crippen LogP contribution is -2.58. The largest absolute Gasteiger partial charge is 0.373 e. The second-order valence-electron chi connectivity index (χ2n) is 7.67. The number of hydrogen-bond acceptors (Lipinski definition) is 5. The average molecular weight is 403 g/mol. The zero-order valence-corrected chi connectivity index (χ0v) is 16.9. The number of nitrogens with zero attached hydrogens (tertiary/aromatic N) is 3. The smallest absolute Gasteiger partial charge is 0.267 e. The van der Waals surface area contributed by atoms with Gasteiger partial charge in [0, 0.05) is 57.2 Å². The Kier molecular flexibility index (Phi) is 6.33. The first kappa shape index (κ1) is 20.7. The third-order valence-electron chi connectivity index (χ3n) is 6.23. The first-order valence-corrected chi connectivity index (χ1v) is 9.56. The standard InChI is InChI=1S/C21H26N4O2.ClH/c1-27-21(16-7-10-24-19(11-16)20(22)26)17-3-2-4-18(21)14-25(13-17)12-15-5-8-23-9-6-15;/h5-11,17-18H,2-4,12-14H2,1H3,(H2,22,26);1H/t17-,18+,21+;. The Morgan fingerprint density at radius 2 is 1.89 bits per heavy atom. The molecule has 2 aromatic rings. The number of carbonyl (C=O) groups is 1. The summed E-state index contributed by atoms with van der Waals surface area (Å²) in [6.45, 7) is 2.87. The van der Waals surface area contributed by atoms with Crippen LogP contribution < -0.4 is 5.73 Å². The molecule has 0 spiro atoms. The van der Waals surface area contributed by atoms with Crippen LogP contribution in [0.3, 0.4) is 0 Å². The fourth-order valence-corrected chi connectivity index (χ4v) is 5.13. The molecule has 1 saturated heterocycles. The molecule has 1 aliphatic carbocycles. The van der Waals surface area contributed by atoms with Gasteiger partial charge in [-0.05, 0) is 48.2 Å². The first-order chi connectivity index (χ1) is 13.1. The molecule has 6 nitrogen and oxygen atoms in total. The number of nitrogens with two attached hydrogens (primary N) is 1. The van der Waals surface area contributed by atoms with Crippen LogP contribution in [-0.4, -0.2) is 41.0 Å². The number of pyridine rings is 2. The molecular weight excluding hydrogens is 376 g/mol. The molecule has 0 radical (unpaired) electrons. The van der Waals surface area contributed by atoms with Gasteiger partial charge >= 0.3 is 0 Å². The molecule has 2 N–H and O–H groups in total. The number of methoxy groups -OCH3 is 1. The molecular formula is C21H27ClN4O2. The van der Waals surface area contributed by atoms with Crippen LogP contribution in [0, 0.1) is 11.8 Å². The van der Waals surface area contributed by atoms with E-state index < -0.39 is 5.91 Å². The highest BCUT2D eigenvalue weighted by Gasteiger charge is 2.53. The first-order valence-electron chi connectivity index (χ1n) is 9.56. The minimum Gasteiger partial charge on any atom is -0.373 e. The second-order valence-corrected chi connectivity index (χ2v) is 7.67. The van der Waals surface area contributed by atoms with Crippen molar-refractivity contribution in [2.75, 3.05) is 20.2 Å². The van der Waals surface area contributed by atoms with E-state index in [1.807, 2.05) is 24.5 Å². The zero-order valence-electron chi connectivity index (χ0n) is 16.1. The number of ether oxygens (including phenoxy) is 1. The molecule has 2 aliphatic rings. The van der Waals surface area contributed by atoms with E-state index >= 15 is 0 Å². The van der Waals surface area contributed by atoms with Gasteiger partial charge in [0.1, 0.15) is 11.3 Å². The molecule has 28 heavy (non-hydrogen) atoms. The lowest BCUT2D eigenvalue weighted by molar-refractivity contribution is -0.170. The Hall–Kier alpha value is -2.02. The third kappa shape index (κ3) is 3.64. The van der Waals surface area contributed by atoms with Gasteiger partial charge in [0.15, 0.2) is 0 Å². The van der Waals surface area contributed by atoms with Crippen molar-refractivity contribution in [3.05, 3.63) is 59.7 Å². The van der Waals surface area contributed by atoms with Crippen LogP contribution in [0.5, 0.6) is 0 Å². The van der Waals surface area contributed by atoms with Crippen molar-refractivity contribution in [2.45, 2.75) is 31.4 Å². The lowest BCUT2D eigenvalue weighted by atomic mass is 9.62. The number of likely N-dealkylation sites (tertiary alicyclic amines) is 1. The zero-order chi connectivity index (χ0) is 18.9. The van der Waals surface area contributed by atoms with E-state index in [9.17, 15) is 4.79 Å². The molecule has 4 rings (SSSR count). The molecule has 7 heteroatoms. The van der Waals surface area contributed by atoms with Crippen molar-refractivity contribution in [1.29, 1.82) is 0 Å². The van der Waals surface area contributed by atoms with Crippen LogP contribution in [0.2, 0.25) is 0 Å². The summed E-state index contributed by atoms with van der Waals surface area (Å²) in [6, 6.07) is 7.97. The molecule has 2 aromatic heterocycles. The fraction of sp³-hybridized carbons (Fsp3) is 0.476. The Balaban J connectivity index is 0.00000225. The van der Waals surface area contributed by atoms with Crippen LogP contribution in [-0.2, 0) is 16.9 Å². The van der Waals surface area contributed by atoms with Gasteiger partial charge in [-0.15, -0.1) is 12.4 Å². The third-order valence-corrected chi connectivity index (χ3v) is 6.23. The Morgan fingerprint density at radius 1 is 1.21 bits per heavy atom. The summed E-state index contributed by atoms with van der Waals surface area (Å²) < 4.78 is 6.25. The van der Waals surface area contributed by atoms with Crippen LogP contribution >= 0.6 is 12.4 Å². The van der Waals surface area contributed by atoms with Gasteiger partial charge in [0.2, 0.25) is 0 Å². The number of piperidine rings is 1. The molecule has 2 fully saturated rings.